The fourth-order valence-corrected chi connectivity index (χ4v) is 3.98. The van der Waals surface area contributed by atoms with Crippen molar-refractivity contribution in [3.8, 4) is 0 Å². The second-order valence-electron chi connectivity index (χ2n) is 10.6. The molecule has 2 heterocycles. The normalized spacial score (nSPS) is 15.6. The molecule has 0 N–H and O–H groups in total. The van der Waals surface area contributed by atoms with Gasteiger partial charge in [0.15, 0.2) is 5.78 Å². The molecule has 1 fully saturated rings. The number of carbonyl (C=O) groups is 2. The smallest absolute Gasteiger partial charge is 0.415 e. The van der Waals surface area contributed by atoms with Crippen molar-refractivity contribution in [2.24, 2.45) is 5.92 Å². The highest BCUT2D eigenvalue weighted by Gasteiger charge is 2.26. The lowest BCUT2D eigenvalue weighted by molar-refractivity contribution is -0.115. The van der Waals surface area contributed by atoms with Crippen LogP contribution < -0.4 is 4.90 Å². The minimum Gasteiger partial charge on any atom is -0.443 e. The first-order valence-electron chi connectivity index (χ1n) is 12.7. The van der Waals surface area contributed by atoms with Crippen molar-refractivity contribution in [3.05, 3.63) is 59.1 Å². The monoisotopic (exact) mass is 489 g/mol. The summed E-state index contributed by atoms with van der Waals surface area (Å²) in [6.07, 6.45) is 11.0. The molecule has 6 nitrogen and oxygen atoms in total. The number of ether oxygens (including phenoxy) is 1. The van der Waals surface area contributed by atoms with E-state index in [1.54, 1.807) is 19.4 Å². The molecule has 0 aromatic carbocycles. The average molecular weight is 490 g/mol. The number of amides is 1. The summed E-state index contributed by atoms with van der Waals surface area (Å²) in [7, 11) is 1.64. The zero-order valence-electron chi connectivity index (χ0n) is 22.9. The Kier molecular flexibility index (Phi) is 8.49. The molecule has 0 radical (unpaired) electrons. The van der Waals surface area contributed by atoms with E-state index in [0.717, 1.165) is 58.0 Å². The highest BCUT2D eigenvalue weighted by molar-refractivity contribution is 6.00. The van der Waals surface area contributed by atoms with Crippen molar-refractivity contribution >= 4 is 34.0 Å². The molecule has 6 heteroatoms. The van der Waals surface area contributed by atoms with Gasteiger partial charge < -0.3 is 4.74 Å². The van der Waals surface area contributed by atoms with E-state index in [-0.39, 0.29) is 5.78 Å². The fraction of sp³-hybridized carbons (Fsp3) is 0.467. The van der Waals surface area contributed by atoms with Crippen LogP contribution >= 0.6 is 0 Å². The molecule has 1 aliphatic carbocycles. The van der Waals surface area contributed by atoms with Gasteiger partial charge in [-0.1, -0.05) is 18.6 Å². The van der Waals surface area contributed by atoms with Crippen LogP contribution in [0.15, 0.2) is 53.4 Å². The summed E-state index contributed by atoms with van der Waals surface area (Å²) in [5.41, 5.74) is 4.17. The lowest BCUT2D eigenvalue weighted by Crippen LogP contribution is -2.34. The Morgan fingerprint density at radius 3 is 2.33 bits per heavy atom. The van der Waals surface area contributed by atoms with Crippen molar-refractivity contribution in [3.63, 3.8) is 0 Å². The van der Waals surface area contributed by atoms with Crippen LogP contribution in [0.5, 0.6) is 0 Å². The zero-order valence-corrected chi connectivity index (χ0v) is 22.9. The molecule has 2 aromatic rings. The molecular formula is C30H39N3O3. The van der Waals surface area contributed by atoms with Gasteiger partial charge in [-0.2, -0.15) is 0 Å². The number of hydrogen-bond donors (Lipinski definition) is 0. The Hall–Kier alpha value is -3.28. The Labute approximate surface area is 215 Å². The van der Waals surface area contributed by atoms with Gasteiger partial charge in [0.2, 0.25) is 0 Å². The minimum atomic E-state index is -0.583. The highest BCUT2D eigenvalue weighted by Crippen LogP contribution is 2.35. The third-order valence-electron chi connectivity index (χ3n) is 6.41. The summed E-state index contributed by atoms with van der Waals surface area (Å²) < 4.78 is 5.45. The summed E-state index contributed by atoms with van der Waals surface area (Å²) >= 11 is 0. The molecule has 0 bridgehead atoms. The van der Waals surface area contributed by atoms with Crippen LogP contribution in [0.3, 0.4) is 0 Å². The Bertz CT molecular complexity index is 1240. The van der Waals surface area contributed by atoms with Crippen molar-refractivity contribution < 1.29 is 14.3 Å². The standard InChI is InChI=1S/C30H39N3O3/c1-9-19(3)25(27(34)14-21-11-12-21)13-20(4)24(10-2)26-15-22-18-32-28(16-23(22)17-31-26)33(8)29(35)36-30(5,6)7/h10,13,15-18,21H,9,11-12,14H2,1-8H3/b20-13-,24-10+,25-19-. The van der Waals surface area contributed by atoms with Gasteiger partial charge in [-0.05, 0) is 96.1 Å². The summed E-state index contributed by atoms with van der Waals surface area (Å²) in [5.74, 6) is 1.29. The molecule has 3 rings (SSSR count). The highest BCUT2D eigenvalue weighted by atomic mass is 16.6. The van der Waals surface area contributed by atoms with Gasteiger partial charge in [0.05, 0.1) is 5.69 Å². The summed E-state index contributed by atoms with van der Waals surface area (Å²) in [5, 5.41) is 1.79. The molecule has 1 saturated carbocycles. The number of hydrogen-bond acceptors (Lipinski definition) is 5. The summed E-state index contributed by atoms with van der Waals surface area (Å²) in [6.45, 7) is 13.6. The molecule has 2 aromatic heterocycles. The number of allylic oxidation sites excluding steroid dienone is 6. The van der Waals surface area contributed by atoms with E-state index in [0.29, 0.717) is 18.2 Å². The predicted octanol–water partition coefficient (Wildman–Crippen LogP) is 7.45. The third kappa shape index (κ3) is 6.90. The van der Waals surface area contributed by atoms with E-state index in [1.807, 2.05) is 65.8 Å². The van der Waals surface area contributed by atoms with Crippen LogP contribution in [0.25, 0.3) is 16.3 Å². The zero-order chi connectivity index (χ0) is 26.6. The average Bonchev–Trinajstić information content (AvgIpc) is 3.64. The molecule has 1 amide bonds. The maximum Gasteiger partial charge on any atom is 0.415 e. The van der Waals surface area contributed by atoms with Gasteiger partial charge in [0, 0.05) is 42.2 Å². The van der Waals surface area contributed by atoms with Crippen molar-refractivity contribution in [1.29, 1.82) is 0 Å². The van der Waals surface area contributed by atoms with Gasteiger partial charge in [0.1, 0.15) is 11.4 Å². The molecule has 0 aliphatic heterocycles. The Morgan fingerprint density at radius 2 is 1.75 bits per heavy atom. The Balaban J connectivity index is 1.89. The molecule has 1 aliphatic rings. The number of anilines is 1. The number of aromatic nitrogens is 2. The number of nitrogens with zero attached hydrogens (tertiary/aromatic N) is 3. The molecule has 36 heavy (non-hydrogen) atoms. The van der Waals surface area contributed by atoms with Crippen LogP contribution in [0, 0.1) is 5.92 Å². The van der Waals surface area contributed by atoms with E-state index >= 15 is 0 Å². The van der Waals surface area contributed by atoms with E-state index in [4.69, 9.17) is 9.72 Å². The van der Waals surface area contributed by atoms with Crippen LogP contribution in [-0.4, -0.2) is 34.5 Å². The second-order valence-corrected chi connectivity index (χ2v) is 10.6. The topological polar surface area (TPSA) is 72.4 Å². The maximum atomic E-state index is 13.0. The number of ketones is 1. The molecule has 0 atom stereocenters. The molecule has 0 spiro atoms. The maximum absolute atomic E-state index is 13.0. The van der Waals surface area contributed by atoms with Crippen molar-refractivity contribution in [1.82, 2.24) is 9.97 Å². The molecule has 192 valence electrons. The van der Waals surface area contributed by atoms with Crippen molar-refractivity contribution in [2.75, 3.05) is 11.9 Å². The number of pyridine rings is 2. The van der Waals surface area contributed by atoms with E-state index in [1.165, 1.54) is 4.90 Å². The second kappa shape index (κ2) is 11.2. The number of Topliss-reactive ketones (excluding diaryl/α,β-unsaturated/α-hetero) is 1. The van der Waals surface area contributed by atoms with Gasteiger partial charge in [0.25, 0.3) is 0 Å². The van der Waals surface area contributed by atoms with Gasteiger partial charge in [-0.25, -0.2) is 9.78 Å². The molecule has 0 unspecified atom stereocenters. The minimum absolute atomic E-state index is 0.240. The third-order valence-corrected chi connectivity index (χ3v) is 6.41. The van der Waals surface area contributed by atoms with Crippen LogP contribution in [0.1, 0.15) is 79.8 Å². The number of carbonyl (C=O) groups excluding carboxylic acids is 2. The SMILES string of the molecule is C\C=C(/C(C)=C\C(C(=O)CC1CC1)=C(/C)CC)c1cc2cnc(N(C)C(=O)OC(C)(C)C)cc2cn1. The first-order valence-corrected chi connectivity index (χ1v) is 12.7. The van der Waals surface area contributed by atoms with Crippen LogP contribution in [-0.2, 0) is 9.53 Å². The summed E-state index contributed by atoms with van der Waals surface area (Å²) in [6, 6.07) is 3.82. The molecule has 0 saturated heterocycles. The van der Waals surface area contributed by atoms with Crippen LogP contribution in [0.4, 0.5) is 10.6 Å². The summed E-state index contributed by atoms with van der Waals surface area (Å²) in [4.78, 5) is 36.0. The number of fused-ring (bicyclic) bond motifs is 1. The molecular weight excluding hydrogens is 450 g/mol. The Morgan fingerprint density at radius 1 is 1.11 bits per heavy atom. The largest absolute Gasteiger partial charge is 0.443 e. The predicted molar refractivity (Wildman–Crippen MR) is 147 cm³/mol. The van der Waals surface area contributed by atoms with Crippen LogP contribution in [0.2, 0.25) is 0 Å². The van der Waals surface area contributed by atoms with Gasteiger partial charge in [-0.3, -0.25) is 14.7 Å². The fourth-order valence-electron chi connectivity index (χ4n) is 3.98. The van der Waals surface area contributed by atoms with E-state index in [2.05, 4.69) is 11.9 Å². The lowest BCUT2D eigenvalue weighted by atomic mass is 9.94. The van der Waals surface area contributed by atoms with E-state index in [9.17, 15) is 9.59 Å². The number of rotatable bonds is 8. The van der Waals surface area contributed by atoms with Gasteiger partial charge in [-0.15, -0.1) is 0 Å². The first kappa shape index (κ1) is 27.3. The quantitative estimate of drug-likeness (QED) is 0.284. The van der Waals surface area contributed by atoms with Crippen molar-refractivity contribution in [2.45, 2.75) is 79.8 Å². The van der Waals surface area contributed by atoms with Gasteiger partial charge >= 0.3 is 6.09 Å². The lowest BCUT2D eigenvalue weighted by Gasteiger charge is -2.24. The first-order chi connectivity index (χ1) is 16.9. The van der Waals surface area contributed by atoms with E-state index < -0.39 is 11.7 Å².